The SMILES string of the molecule is CC(CC(=O)c1ccc(/C(F)=C/C(c2cc(Br)cc(Br)c2)C(F)(F)F)cc1C(F)(F)F)C(F)(F)F. The Labute approximate surface area is 209 Å². The maximum Gasteiger partial charge on any atom is 0.417 e. The van der Waals surface area contributed by atoms with E-state index in [9.17, 15) is 48.7 Å². The first-order valence-electron chi connectivity index (χ1n) is 9.52. The van der Waals surface area contributed by atoms with Crippen molar-refractivity contribution in [2.24, 2.45) is 5.92 Å². The molecule has 2 rings (SSSR count). The lowest BCUT2D eigenvalue weighted by atomic mass is 9.93. The van der Waals surface area contributed by atoms with E-state index in [0.29, 0.717) is 19.1 Å². The zero-order valence-electron chi connectivity index (χ0n) is 17.3. The molecule has 0 heterocycles. The number of allylic oxidation sites excluding steroid dienone is 1. The smallest absolute Gasteiger partial charge is 0.294 e. The van der Waals surface area contributed by atoms with E-state index in [1.807, 2.05) is 0 Å². The fraction of sp³-hybridized carbons (Fsp3) is 0.318. The van der Waals surface area contributed by atoms with Crippen molar-refractivity contribution >= 4 is 43.5 Å². The lowest BCUT2D eigenvalue weighted by molar-refractivity contribution is -0.168. The van der Waals surface area contributed by atoms with Crippen LogP contribution in [-0.4, -0.2) is 18.1 Å². The van der Waals surface area contributed by atoms with E-state index in [4.69, 9.17) is 0 Å². The first kappa shape index (κ1) is 29.3. The molecule has 2 atom stereocenters. The average molecular weight is 644 g/mol. The predicted molar refractivity (Wildman–Crippen MR) is 115 cm³/mol. The molecule has 1 nitrogen and oxygen atoms in total. The number of carbonyl (C=O) groups excluding carboxylic acids is 1. The van der Waals surface area contributed by atoms with Crippen LogP contribution in [0.25, 0.3) is 5.83 Å². The van der Waals surface area contributed by atoms with Crippen molar-refractivity contribution in [2.45, 2.75) is 37.8 Å². The molecule has 0 aromatic heterocycles. The number of hydrogen-bond acceptors (Lipinski definition) is 1. The van der Waals surface area contributed by atoms with E-state index in [2.05, 4.69) is 31.9 Å². The van der Waals surface area contributed by atoms with Gasteiger partial charge in [-0.2, -0.15) is 39.5 Å². The molecule has 13 heteroatoms. The summed E-state index contributed by atoms with van der Waals surface area (Å²) in [4.78, 5) is 12.1. The van der Waals surface area contributed by atoms with Gasteiger partial charge in [0.1, 0.15) is 11.7 Å². The summed E-state index contributed by atoms with van der Waals surface area (Å²) in [5.74, 6) is -7.95. The molecular weight excluding hydrogens is 630 g/mol. The van der Waals surface area contributed by atoms with Gasteiger partial charge in [0, 0.05) is 26.5 Å². The molecule has 0 saturated heterocycles. The third-order valence-electron chi connectivity index (χ3n) is 4.86. The molecule has 0 aliphatic heterocycles. The molecule has 0 amide bonds. The molecule has 2 aromatic rings. The minimum Gasteiger partial charge on any atom is -0.294 e. The lowest BCUT2D eigenvalue weighted by Crippen LogP contribution is -2.24. The first-order chi connectivity index (χ1) is 15.8. The van der Waals surface area contributed by atoms with Gasteiger partial charge in [-0.1, -0.05) is 50.9 Å². The molecular formula is C22H14Br2F10O. The van der Waals surface area contributed by atoms with Gasteiger partial charge in [-0.3, -0.25) is 4.79 Å². The van der Waals surface area contributed by atoms with Crippen LogP contribution >= 0.6 is 31.9 Å². The van der Waals surface area contributed by atoms with Crippen molar-refractivity contribution in [2.75, 3.05) is 0 Å². The predicted octanol–water partition coefficient (Wildman–Crippen LogP) is 9.66. The van der Waals surface area contributed by atoms with Crippen LogP contribution in [0.5, 0.6) is 0 Å². The summed E-state index contributed by atoms with van der Waals surface area (Å²) in [5, 5.41) is 0. The number of alkyl halides is 9. The number of carbonyl (C=O) groups is 1. The van der Waals surface area contributed by atoms with Crippen LogP contribution in [0.15, 0.2) is 51.4 Å². The molecule has 0 aliphatic rings. The Balaban J connectivity index is 2.55. The highest BCUT2D eigenvalue weighted by Gasteiger charge is 2.42. The van der Waals surface area contributed by atoms with Crippen LogP contribution in [0.3, 0.4) is 0 Å². The molecule has 35 heavy (non-hydrogen) atoms. The molecule has 2 unspecified atom stereocenters. The minimum atomic E-state index is -5.29. The molecule has 192 valence electrons. The Bertz CT molecular complexity index is 1100. The van der Waals surface area contributed by atoms with Crippen LogP contribution in [0.4, 0.5) is 43.9 Å². The highest BCUT2D eigenvalue weighted by Crippen LogP contribution is 2.41. The van der Waals surface area contributed by atoms with E-state index >= 15 is 0 Å². The Morgan fingerprint density at radius 3 is 1.89 bits per heavy atom. The van der Waals surface area contributed by atoms with Crippen molar-refractivity contribution in [3.8, 4) is 0 Å². The normalized spacial score (nSPS) is 15.2. The standard InChI is InChI=1S/C22H14Br2F10O/c1-10(20(26,27)28)4-19(35)15-3-2-11(7-17(15)22(32,33)34)18(25)9-16(21(29,30)31)12-5-13(23)8-14(24)6-12/h2-3,5-10,16H,4H2,1H3/b18-9-. The minimum absolute atomic E-state index is 0.0803. The van der Waals surface area contributed by atoms with Gasteiger partial charge in [0.15, 0.2) is 5.78 Å². The van der Waals surface area contributed by atoms with Crippen molar-refractivity contribution < 1.29 is 48.7 Å². The molecule has 0 bridgehead atoms. The van der Waals surface area contributed by atoms with Crippen LogP contribution in [0.2, 0.25) is 0 Å². The van der Waals surface area contributed by atoms with Crippen LogP contribution in [0, 0.1) is 5.92 Å². The molecule has 0 aliphatic carbocycles. The van der Waals surface area contributed by atoms with Crippen molar-refractivity contribution in [3.63, 3.8) is 0 Å². The summed E-state index contributed by atoms with van der Waals surface area (Å²) in [6.07, 6.45) is -16.4. The van der Waals surface area contributed by atoms with E-state index in [-0.39, 0.29) is 21.1 Å². The number of rotatable bonds is 6. The number of halogens is 12. The van der Waals surface area contributed by atoms with Crippen molar-refractivity contribution in [1.82, 2.24) is 0 Å². The molecule has 0 saturated carbocycles. The highest BCUT2D eigenvalue weighted by molar-refractivity contribution is 9.11. The first-order valence-corrected chi connectivity index (χ1v) is 11.1. The summed E-state index contributed by atoms with van der Waals surface area (Å²) in [6.45, 7) is 0.611. The van der Waals surface area contributed by atoms with Crippen molar-refractivity contribution in [3.05, 3.63) is 73.7 Å². The Morgan fingerprint density at radius 1 is 0.886 bits per heavy atom. The average Bonchev–Trinajstić information content (AvgIpc) is 2.68. The van der Waals surface area contributed by atoms with Gasteiger partial charge in [-0.15, -0.1) is 0 Å². The Kier molecular flexibility index (Phi) is 8.90. The summed E-state index contributed by atoms with van der Waals surface area (Å²) in [5.41, 5.74) is -4.25. The van der Waals surface area contributed by atoms with Gasteiger partial charge in [-0.05, 0) is 35.9 Å². The third kappa shape index (κ3) is 7.80. The summed E-state index contributed by atoms with van der Waals surface area (Å²) >= 11 is 6.00. The molecule has 0 N–H and O–H groups in total. The largest absolute Gasteiger partial charge is 0.417 e. The van der Waals surface area contributed by atoms with Gasteiger partial charge in [0.2, 0.25) is 0 Å². The summed E-state index contributed by atoms with van der Waals surface area (Å²) < 4.78 is 135. The van der Waals surface area contributed by atoms with Crippen LogP contribution in [-0.2, 0) is 6.18 Å². The maximum atomic E-state index is 14.8. The quantitative estimate of drug-likeness (QED) is 0.226. The zero-order chi connectivity index (χ0) is 26.9. The van der Waals surface area contributed by atoms with Gasteiger partial charge in [0.05, 0.1) is 11.5 Å². The second-order valence-electron chi connectivity index (χ2n) is 7.56. The lowest BCUT2D eigenvalue weighted by Gasteiger charge is -2.19. The van der Waals surface area contributed by atoms with E-state index in [1.54, 1.807) is 0 Å². The van der Waals surface area contributed by atoms with Gasteiger partial charge >= 0.3 is 18.5 Å². The molecule has 0 radical (unpaired) electrons. The maximum absolute atomic E-state index is 14.8. The summed E-state index contributed by atoms with van der Waals surface area (Å²) in [7, 11) is 0. The zero-order valence-corrected chi connectivity index (χ0v) is 20.5. The van der Waals surface area contributed by atoms with Crippen LogP contribution in [0.1, 0.15) is 46.3 Å². The van der Waals surface area contributed by atoms with Gasteiger partial charge in [0.25, 0.3) is 0 Å². The topological polar surface area (TPSA) is 17.1 Å². The highest BCUT2D eigenvalue weighted by atomic mass is 79.9. The Morgan fingerprint density at radius 2 is 1.43 bits per heavy atom. The van der Waals surface area contributed by atoms with Crippen LogP contribution < -0.4 is 0 Å². The molecule has 0 fully saturated rings. The Hall–Kier alpha value is -1.89. The van der Waals surface area contributed by atoms with Gasteiger partial charge < -0.3 is 0 Å². The summed E-state index contributed by atoms with van der Waals surface area (Å²) in [6, 6.07) is 4.69. The van der Waals surface area contributed by atoms with Crippen molar-refractivity contribution in [1.29, 1.82) is 0 Å². The van der Waals surface area contributed by atoms with Gasteiger partial charge in [-0.25, -0.2) is 4.39 Å². The number of Topliss-reactive ketones (excluding diaryl/α,β-unsaturated/α-hetero) is 1. The fourth-order valence-electron chi connectivity index (χ4n) is 3.05. The fourth-order valence-corrected chi connectivity index (χ4v) is 4.38. The van der Waals surface area contributed by atoms with E-state index in [1.165, 1.54) is 6.07 Å². The number of ketones is 1. The third-order valence-corrected chi connectivity index (χ3v) is 5.78. The second-order valence-corrected chi connectivity index (χ2v) is 9.40. The molecule has 2 aromatic carbocycles. The number of benzene rings is 2. The molecule has 0 spiro atoms. The monoisotopic (exact) mass is 642 g/mol. The second kappa shape index (κ2) is 10.6. The van der Waals surface area contributed by atoms with E-state index in [0.717, 1.165) is 12.1 Å². The number of hydrogen-bond donors (Lipinski definition) is 0. The van der Waals surface area contributed by atoms with E-state index < -0.39 is 70.6 Å².